The number of carbonyl (C=O) groups is 1. The molecule has 0 atom stereocenters. The van der Waals surface area contributed by atoms with Crippen LogP contribution in [0, 0.1) is 26.2 Å². The molecule has 1 amide bonds. The average Bonchev–Trinajstić information content (AvgIpc) is 3.34. The van der Waals surface area contributed by atoms with Crippen LogP contribution in [0.2, 0.25) is 5.02 Å². The van der Waals surface area contributed by atoms with Crippen LogP contribution in [0.15, 0.2) is 64.5 Å². The predicted molar refractivity (Wildman–Crippen MR) is 133 cm³/mol. The molecule has 164 valence electrons. The fourth-order valence-corrected chi connectivity index (χ4v) is 4.86. The maximum Gasteiger partial charge on any atom is 0.283 e. The van der Waals surface area contributed by atoms with E-state index in [2.05, 4.69) is 19.6 Å². The van der Waals surface area contributed by atoms with Crippen molar-refractivity contribution in [3.05, 3.63) is 87.5 Å². The SMILES string of the molecule is Cc1ccc(-n2c(C)cc(/C=C3\C(=N)N4N=C(c5cccnc5)SC4=NC3=O)c2C)cc1Cl. The lowest BCUT2D eigenvalue weighted by Gasteiger charge is -2.20. The van der Waals surface area contributed by atoms with Gasteiger partial charge in [-0.05, 0) is 80.1 Å². The summed E-state index contributed by atoms with van der Waals surface area (Å²) in [6.45, 7) is 5.93. The fourth-order valence-electron chi connectivity index (χ4n) is 3.81. The Morgan fingerprint density at radius 3 is 2.70 bits per heavy atom. The third-order valence-electron chi connectivity index (χ3n) is 5.55. The first-order valence-corrected chi connectivity index (χ1v) is 11.4. The summed E-state index contributed by atoms with van der Waals surface area (Å²) in [6, 6.07) is 11.6. The van der Waals surface area contributed by atoms with Crippen molar-refractivity contribution in [3.8, 4) is 5.69 Å². The minimum absolute atomic E-state index is 0.000395. The van der Waals surface area contributed by atoms with Crippen LogP contribution >= 0.6 is 23.4 Å². The van der Waals surface area contributed by atoms with Gasteiger partial charge in [-0.2, -0.15) is 15.1 Å². The van der Waals surface area contributed by atoms with Crippen LogP contribution in [0.1, 0.15) is 28.1 Å². The molecule has 0 fully saturated rings. The fraction of sp³-hybridized carbons (Fsp3) is 0.125. The number of carbonyl (C=O) groups excluding carboxylic acids is 1. The zero-order valence-electron chi connectivity index (χ0n) is 18.1. The van der Waals surface area contributed by atoms with Gasteiger partial charge in [0.25, 0.3) is 5.91 Å². The lowest BCUT2D eigenvalue weighted by atomic mass is 10.1. The Balaban J connectivity index is 1.52. The third-order valence-corrected chi connectivity index (χ3v) is 6.91. The number of hydrogen-bond acceptors (Lipinski definition) is 5. The largest absolute Gasteiger partial charge is 0.318 e. The van der Waals surface area contributed by atoms with E-state index in [9.17, 15) is 4.79 Å². The summed E-state index contributed by atoms with van der Waals surface area (Å²) in [6.07, 6.45) is 5.09. The van der Waals surface area contributed by atoms with Crippen LogP contribution < -0.4 is 0 Å². The van der Waals surface area contributed by atoms with Crippen molar-refractivity contribution in [2.24, 2.45) is 10.1 Å². The van der Waals surface area contributed by atoms with E-state index < -0.39 is 5.91 Å². The summed E-state index contributed by atoms with van der Waals surface area (Å²) in [5, 5.41) is 16.3. The first kappa shape index (κ1) is 21.4. The highest BCUT2D eigenvalue weighted by Gasteiger charge is 2.36. The number of fused-ring (bicyclic) bond motifs is 1. The number of aromatic nitrogens is 2. The number of hydrogen-bond donors (Lipinski definition) is 1. The molecule has 0 radical (unpaired) electrons. The first-order valence-electron chi connectivity index (χ1n) is 10.2. The van der Waals surface area contributed by atoms with Crippen LogP contribution in [0.4, 0.5) is 0 Å². The summed E-state index contributed by atoms with van der Waals surface area (Å²) in [4.78, 5) is 21.1. The van der Waals surface area contributed by atoms with E-state index in [4.69, 9.17) is 17.0 Å². The number of rotatable bonds is 3. The Bertz CT molecular complexity index is 1420. The van der Waals surface area contributed by atoms with Gasteiger partial charge in [0.15, 0.2) is 5.84 Å². The molecule has 9 heteroatoms. The van der Waals surface area contributed by atoms with E-state index in [0.717, 1.165) is 33.8 Å². The molecule has 0 aliphatic carbocycles. The molecule has 33 heavy (non-hydrogen) atoms. The number of hydrazone groups is 1. The third kappa shape index (κ3) is 3.71. The molecule has 0 saturated heterocycles. The van der Waals surface area contributed by atoms with Crippen LogP contribution in [0.5, 0.6) is 0 Å². The maximum atomic E-state index is 12.8. The van der Waals surface area contributed by atoms with Crippen LogP contribution in [0.25, 0.3) is 11.8 Å². The summed E-state index contributed by atoms with van der Waals surface area (Å²) in [7, 11) is 0. The van der Waals surface area contributed by atoms with Crippen LogP contribution in [-0.4, -0.2) is 36.5 Å². The van der Waals surface area contributed by atoms with E-state index in [1.807, 2.05) is 57.2 Å². The molecular weight excluding hydrogens is 456 g/mol. The van der Waals surface area contributed by atoms with Gasteiger partial charge in [-0.1, -0.05) is 17.7 Å². The highest BCUT2D eigenvalue weighted by molar-refractivity contribution is 8.27. The first-order chi connectivity index (χ1) is 15.8. The molecule has 0 spiro atoms. The number of nitrogens with one attached hydrogen (secondary N) is 1. The Morgan fingerprint density at radius 1 is 1.15 bits per heavy atom. The van der Waals surface area contributed by atoms with Crippen molar-refractivity contribution < 1.29 is 4.79 Å². The highest BCUT2D eigenvalue weighted by atomic mass is 35.5. The summed E-state index contributed by atoms with van der Waals surface area (Å²) < 4.78 is 2.08. The predicted octanol–water partition coefficient (Wildman–Crippen LogP) is 5.12. The van der Waals surface area contributed by atoms with Crippen molar-refractivity contribution >= 4 is 51.4 Å². The molecule has 5 rings (SSSR count). The molecular formula is C24H19ClN6OS. The zero-order valence-corrected chi connectivity index (χ0v) is 19.7. The standard InChI is InChI=1S/C24H19ClN6OS/c1-13-6-7-18(11-20(13)25)30-14(2)9-17(15(30)3)10-19-21(26)31-24(28-22(19)32)33-23(29-31)16-5-4-8-27-12-16/h4-12,26H,1-3H3/b19-10+,26-21?. The summed E-state index contributed by atoms with van der Waals surface area (Å²) in [5.41, 5.74) is 5.72. The normalized spacial score (nSPS) is 16.8. The number of benzene rings is 1. The van der Waals surface area contributed by atoms with Gasteiger partial charge in [-0.3, -0.25) is 15.2 Å². The Labute approximate surface area is 200 Å². The molecule has 3 aromatic rings. The van der Waals surface area contributed by atoms with E-state index >= 15 is 0 Å². The van der Waals surface area contributed by atoms with Crippen LogP contribution in [0.3, 0.4) is 0 Å². The second-order valence-electron chi connectivity index (χ2n) is 7.76. The van der Waals surface area contributed by atoms with Gasteiger partial charge < -0.3 is 4.57 Å². The number of amidine groups is 2. The maximum absolute atomic E-state index is 12.8. The van der Waals surface area contributed by atoms with Gasteiger partial charge in [-0.15, -0.1) is 0 Å². The lowest BCUT2D eigenvalue weighted by molar-refractivity contribution is -0.114. The number of halogens is 1. The molecule has 1 N–H and O–H groups in total. The molecule has 2 aromatic heterocycles. The molecule has 4 heterocycles. The van der Waals surface area contributed by atoms with Crippen molar-refractivity contribution in [2.75, 3.05) is 0 Å². The van der Waals surface area contributed by atoms with Gasteiger partial charge in [0.05, 0.1) is 5.57 Å². The quantitative estimate of drug-likeness (QED) is 0.534. The van der Waals surface area contributed by atoms with Gasteiger partial charge in [0, 0.05) is 40.1 Å². The molecule has 1 aromatic carbocycles. The lowest BCUT2D eigenvalue weighted by Crippen LogP contribution is -2.35. The van der Waals surface area contributed by atoms with E-state index in [1.54, 1.807) is 18.5 Å². The van der Waals surface area contributed by atoms with E-state index in [0.29, 0.717) is 15.2 Å². The molecule has 0 unspecified atom stereocenters. The van der Waals surface area contributed by atoms with Gasteiger partial charge in [0.2, 0.25) is 5.17 Å². The molecule has 0 bridgehead atoms. The van der Waals surface area contributed by atoms with Crippen molar-refractivity contribution in [3.63, 3.8) is 0 Å². The zero-order chi connectivity index (χ0) is 23.3. The summed E-state index contributed by atoms with van der Waals surface area (Å²) in [5.74, 6) is -0.454. The van der Waals surface area contributed by atoms with Crippen molar-refractivity contribution in [2.45, 2.75) is 20.8 Å². The Morgan fingerprint density at radius 2 is 1.97 bits per heavy atom. The van der Waals surface area contributed by atoms with E-state index in [1.165, 1.54) is 16.8 Å². The van der Waals surface area contributed by atoms with Gasteiger partial charge in [0.1, 0.15) is 5.04 Å². The topological polar surface area (TPSA) is 86.7 Å². The minimum Gasteiger partial charge on any atom is -0.318 e. The number of aliphatic imine (C=N–C) groups is 1. The molecule has 2 aliphatic rings. The molecule has 2 aliphatic heterocycles. The average molecular weight is 475 g/mol. The van der Waals surface area contributed by atoms with Crippen molar-refractivity contribution in [1.29, 1.82) is 5.41 Å². The van der Waals surface area contributed by atoms with Crippen LogP contribution in [-0.2, 0) is 4.79 Å². The second-order valence-corrected chi connectivity index (χ2v) is 9.13. The molecule has 7 nitrogen and oxygen atoms in total. The minimum atomic E-state index is -0.454. The van der Waals surface area contributed by atoms with E-state index in [-0.39, 0.29) is 11.4 Å². The van der Waals surface area contributed by atoms with Gasteiger partial charge >= 0.3 is 0 Å². The number of aryl methyl sites for hydroxylation is 2. The molecule has 0 saturated carbocycles. The highest BCUT2D eigenvalue weighted by Crippen LogP contribution is 2.32. The van der Waals surface area contributed by atoms with Gasteiger partial charge in [-0.25, -0.2) is 0 Å². The number of pyridine rings is 1. The number of nitrogens with zero attached hydrogens (tertiary/aromatic N) is 5. The number of thioether (sulfide) groups is 1. The number of amides is 1. The Kier molecular flexibility index (Phi) is 5.26. The summed E-state index contributed by atoms with van der Waals surface area (Å²) >= 11 is 7.59. The monoisotopic (exact) mass is 474 g/mol. The Hall–Kier alpha value is -3.49. The van der Waals surface area contributed by atoms with Crippen molar-refractivity contribution in [1.82, 2.24) is 14.6 Å². The smallest absolute Gasteiger partial charge is 0.283 e. The second kappa shape index (κ2) is 8.13.